The van der Waals surface area contributed by atoms with E-state index in [1.807, 2.05) is 6.08 Å². The Bertz CT molecular complexity index is 311. The highest BCUT2D eigenvalue weighted by Gasteiger charge is 2.16. The van der Waals surface area contributed by atoms with Gasteiger partial charge in [0.05, 0.1) is 12.0 Å². The molecule has 2 rings (SSSR count). The maximum absolute atomic E-state index is 11.5. The summed E-state index contributed by atoms with van der Waals surface area (Å²) >= 11 is 0. The molecule has 0 atom stereocenters. The summed E-state index contributed by atoms with van der Waals surface area (Å²) in [6, 6.07) is 3.38. The van der Waals surface area contributed by atoms with Gasteiger partial charge in [-0.3, -0.25) is 4.79 Å². The van der Waals surface area contributed by atoms with Crippen molar-refractivity contribution < 1.29 is 9.21 Å². The number of Topliss-reactive ketones (excluding diaryl/α,β-unsaturated/α-hetero) is 1. The minimum Gasteiger partial charge on any atom is -0.461 e. The van der Waals surface area contributed by atoms with Crippen LogP contribution in [0.2, 0.25) is 0 Å². The summed E-state index contributed by atoms with van der Waals surface area (Å²) in [6.07, 6.45) is 4.31. The van der Waals surface area contributed by atoms with E-state index in [1.54, 1.807) is 12.1 Å². The minimum absolute atomic E-state index is 0.0579. The molecule has 0 saturated carbocycles. The predicted octanol–water partition coefficient (Wildman–Crippen LogP) is 1.34. The van der Waals surface area contributed by atoms with Crippen LogP contribution in [0.15, 0.2) is 34.6 Å². The maximum atomic E-state index is 11.5. The molecule has 1 N–H and O–H groups in total. The second kappa shape index (κ2) is 2.85. The Balaban J connectivity index is 2.20. The first-order valence-corrected chi connectivity index (χ1v) is 3.90. The van der Waals surface area contributed by atoms with Gasteiger partial charge in [-0.25, -0.2) is 0 Å². The fourth-order valence-corrected chi connectivity index (χ4v) is 1.21. The Labute approximate surface area is 70.1 Å². The zero-order valence-electron chi connectivity index (χ0n) is 6.54. The lowest BCUT2D eigenvalue weighted by Gasteiger charge is -1.98. The van der Waals surface area contributed by atoms with Gasteiger partial charge in [0.1, 0.15) is 0 Å². The first-order chi connectivity index (χ1) is 5.88. The Hall–Kier alpha value is -1.51. The topological polar surface area (TPSA) is 42.2 Å². The molecule has 0 aromatic carbocycles. The monoisotopic (exact) mass is 163 g/mol. The molecule has 0 saturated heterocycles. The molecule has 0 bridgehead atoms. The summed E-state index contributed by atoms with van der Waals surface area (Å²) in [5, 5.41) is 3.00. The molecule has 12 heavy (non-hydrogen) atoms. The molecule has 3 nitrogen and oxygen atoms in total. The molecule has 0 unspecified atom stereocenters. The van der Waals surface area contributed by atoms with Crippen molar-refractivity contribution in [3.05, 3.63) is 35.9 Å². The van der Waals surface area contributed by atoms with Crippen molar-refractivity contribution in [1.82, 2.24) is 5.32 Å². The van der Waals surface area contributed by atoms with E-state index in [0.29, 0.717) is 11.5 Å². The van der Waals surface area contributed by atoms with Gasteiger partial charge in [0.15, 0.2) is 5.76 Å². The summed E-state index contributed by atoms with van der Waals surface area (Å²) < 4.78 is 4.98. The number of hydrogen-bond donors (Lipinski definition) is 1. The van der Waals surface area contributed by atoms with Crippen LogP contribution in [-0.4, -0.2) is 12.3 Å². The van der Waals surface area contributed by atoms with Gasteiger partial charge in [0.25, 0.3) is 0 Å². The maximum Gasteiger partial charge on any atom is 0.243 e. The Kier molecular flexibility index (Phi) is 1.70. The van der Waals surface area contributed by atoms with E-state index in [-0.39, 0.29) is 5.78 Å². The summed E-state index contributed by atoms with van der Waals surface area (Å²) in [5.41, 5.74) is 0.657. The lowest BCUT2D eigenvalue weighted by atomic mass is 10.2. The van der Waals surface area contributed by atoms with Crippen molar-refractivity contribution in [2.75, 3.05) is 6.54 Å². The van der Waals surface area contributed by atoms with Gasteiger partial charge in [0.2, 0.25) is 5.78 Å². The Morgan fingerprint density at radius 1 is 1.58 bits per heavy atom. The largest absolute Gasteiger partial charge is 0.461 e. The number of rotatable bonds is 2. The van der Waals surface area contributed by atoms with E-state index >= 15 is 0 Å². The summed E-state index contributed by atoms with van der Waals surface area (Å²) in [6.45, 7) is 0.849. The van der Waals surface area contributed by atoms with Gasteiger partial charge >= 0.3 is 0 Å². The van der Waals surface area contributed by atoms with Crippen molar-refractivity contribution in [3.8, 4) is 0 Å². The van der Waals surface area contributed by atoms with Gasteiger partial charge < -0.3 is 9.73 Å². The van der Waals surface area contributed by atoms with E-state index in [1.165, 1.54) is 6.26 Å². The molecule has 1 aromatic rings. The summed E-state index contributed by atoms with van der Waals surface area (Å²) in [7, 11) is 0. The molecule has 0 spiro atoms. The molecule has 62 valence electrons. The molecule has 1 aromatic heterocycles. The smallest absolute Gasteiger partial charge is 0.243 e. The van der Waals surface area contributed by atoms with E-state index in [2.05, 4.69) is 5.32 Å². The van der Waals surface area contributed by atoms with E-state index in [9.17, 15) is 4.79 Å². The Morgan fingerprint density at radius 3 is 3.08 bits per heavy atom. The van der Waals surface area contributed by atoms with Crippen LogP contribution in [0.1, 0.15) is 17.0 Å². The fourth-order valence-electron chi connectivity index (χ4n) is 1.21. The molecule has 2 heterocycles. The summed E-state index contributed by atoms with van der Waals surface area (Å²) in [4.78, 5) is 11.5. The standard InChI is InChI=1S/C9H9NO2/c11-9(7-3-1-5-10-7)8-4-2-6-12-8/h2-4,6,10H,1,5H2. The first-order valence-electron chi connectivity index (χ1n) is 3.90. The highest BCUT2D eigenvalue weighted by atomic mass is 16.3. The van der Waals surface area contributed by atoms with E-state index in [0.717, 1.165) is 13.0 Å². The quantitative estimate of drug-likeness (QED) is 0.669. The highest BCUT2D eigenvalue weighted by molar-refractivity contribution is 6.06. The van der Waals surface area contributed by atoms with E-state index in [4.69, 9.17) is 4.42 Å². The van der Waals surface area contributed by atoms with Gasteiger partial charge in [0, 0.05) is 6.54 Å². The average molecular weight is 163 g/mol. The van der Waals surface area contributed by atoms with Crippen LogP contribution in [0.25, 0.3) is 0 Å². The molecule has 1 aliphatic rings. The van der Waals surface area contributed by atoms with Crippen LogP contribution in [0.5, 0.6) is 0 Å². The number of allylic oxidation sites excluding steroid dienone is 1. The molecule has 0 aliphatic carbocycles. The number of furan rings is 1. The lowest BCUT2D eigenvalue weighted by Crippen LogP contribution is -2.15. The van der Waals surface area contributed by atoms with Crippen molar-refractivity contribution in [2.24, 2.45) is 0 Å². The highest BCUT2D eigenvalue weighted by Crippen LogP contribution is 2.10. The SMILES string of the molecule is O=C(C1=CCCN1)c1ccco1. The Morgan fingerprint density at radius 2 is 2.50 bits per heavy atom. The zero-order chi connectivity index (χ0) is 8.39. The first kappa shape index (κ1) is 7.16. The van der Waals surface area contributed by atoms with Crippen molar-refractivity contribution in [3.63, 3.8) is 0 Å². The van der Waals surface area contributed by atoms with Crippen molar-refractivity contribution in [2.45, 2.75) is 6.42 Å². The number of ketones is 1. The zero-order valence-corrected chi connectivity index (χ0v) is 6.54. The minimum atomic E-state index is -0.0579. The van der Waals surface area contributed by atoms with Gasteiger partial charge in [-0.2, -0.15) is 0 Å². The molecule has 3 heteroatoms. The summed E-state index contributed by atoms with van der Waals surface area (Å²) in [5.74, 6) is 0.341. The van der Waals surface area contributed by atoms with Gasteiger partial charge in [-0.1, -0.05) is 6.08 Å². The van der Waals surface area contributed by atoms with Crippen LogP contribution < -0.4 is 5.32 Å². The molecule has 1 aliphatic heterocycles. The third kappa shape index (κ3) is 1.13. The predicted molar refractivity (Wildman–Crippen MR) is 43.7 cm³/mol. The van der Waals surface area contributed by atoms with Crippen LogP contribution in [0, 0.1) is 0 Å². The lowest BCUT2D eigenvalue weighted by molar-refractivity contribution is 0.0998. The van der Waals surface area contributed by atoms with Crippen molar-refractivity contribution in [1.29, 1.82) is 0 Å². The number of nitrogens with one attached hydrogen (secondary N) is 1. The van der Waals surface area contributed by atoms with Crippen molar-refractivity contribution >= 4 is 5.78 Å². The van der Waals surface area contributed by atoms with Gasteiger partial charge in [-0.15, -0.1) is 0 Å². The molecule has 0 fully saturated rings. The molecule has 0 radical (unpaired) electrons. The fraction of sp³-hybridized carbons (Fsp3) is 0.222. The van der Waals surface area contributed by atoms with E-state index < -0.39 is 0 Å². The molecular weight excluding hydrogens is 154 g/mol. The molecule has 0 amide bonds. The normalized spacial score (nSPS) is 15.5. The second-order valence-corrected chi connectivity index (χ2v) is 2.64. The van der Waals surface area contributed by atoms with Crippen LogP contribution in [0.4, 0.5) is 0 Å². The number of hydrogen-bond acceptors (Lipinski definition) is 3. The van der Waals surface area contributed by atoms with Crippen LogP contribution in [0.3, 0.4) is 0 Å². The average Bonchev–Trinajstić information content (AvgIpc) is 2.77. The number of carbonyl (C=O) groups is 1. The molecular formula is C9H9NO2. The number of carbonyl (C=O) groups excluding carboxylic acids is 1. The third-order valence-electron chi connectivity index (χ3n) is 1.80. The third-order valence-corrected chi connectivity index (χ3v) is 1.80. The van der Waals surface area contributed by atoms with Gasteiger partial charge in [-0.05, 0) is 18.6 Å². The van der Waals surface area contributed by atoms with Crippen LogP contribution >= 0.6 is 0 Å². The van der Waals surface area contributed by atoms with Crippen LogP contribution in [-0.2, 0) is 0 Å². The second-order valence-electron chi connectivity index (χ2n) is 2.64.